The van der Waals surface area contributed by atoms with Crippen LogP contribution in [-0.4, -0.2) is 51.0 Å². The molecule has 0 aromatic heterocycles. The molecule has 0 saturated carbocycles. The lowest BCUT2D eigenvalue weighted by Crippen LogP contribution is -2.48. The Hall–Kier alpha value is -2.00. The van der Waals surface area contributed by atoms with Crippen LogP contribution in [0, 0.1) is 6.92 Å². The zero-order valence-corrected chi connectivity index (χ0v) is 23.2. The molecule has 2 aromatic carbocycles. The van der Waals surface area contributed by atoms with Crippen molar-refractivity contribution in [2.45, 2.75) is 45.7 Å². The van der Waals surface area contributed by atoms with Crippen LogP contribution in [0.4, 0.5) is 5.69 Å². The summed E-state index contributed by atoms with van der Waals surface area (Å²) in [5.74, 6) is -0.559. The van der Waals surface area contributed by atoms with Crippen LogP contribution in [0.1, 0.15) is 37.3 Å². The van der Waals surface area contributed by atoms with Crippen molar-refractivity contribution in [3.8, 4) is 0 Å². The number of anilines is 1. The molecule has 2 aromatic rings. The second-order valence-electron chi connectivity index (χ2n) is 8.18. The summed E-state index contributed by atoms with van der Waals surface area (Å²) in [5.41, 5.74) is 1.94. The number of hydrogen-bond donors (Lipinski definition) is 1. The van der Waals surface area contributed by atoms with Crippen LogP contribution < -0.4 is 9.62 Å². The molecule has 2 rings (SSSR count). The van der Waals surface area contributed by atoms with E-state index in [1.807, 2.05) is 6.92 Å². The van der Waals surface area contributed by atoms with Gasteiger partial charge in [0.05, 0.1) is 22.0 Å². The fraction of sp³-hybridized carbons (Fsp3) is 0.417. The lowest BCUT2D eigenvalue weighted by Gasteiger charge is -2.31. The molecule has 0 aliphatic carbocycles. The predicted octanol–water partition coefficient (Wildman–Crippen LogP) is 5.05. The molecule has 0 aliphatic rings. The molecule has 11 heteroatoms. The first-order valence-corrected chi connectivity index (χ1v) is 14.1. The number of sulfonamides is 1. The smallest absolute Gasteiger partial charge is 0.242 e. The lowest BCUT2D eigenvalue weighted by molar-refractivity contribution is -0.141. The van der Waals surface area contributed by atoms with Crippen molar-refractivity contribution in [1.82, 2.24) is 10.2 Å². The Morgan fingerprint density at radius 2 is 1.74 bits per heavy atom. The maximum atomic E-state index is 13.3. The summed E-state index contributed by atoms with van der Waals surface area (Å²) >= 11 is 18.2. The summed E-state index contributed by atoms with van der Waals surface area (Å²) in [4.78, 5) is 27.3. The van der Waals surface area contributed by atoms with E-state index in [9.17, 15) is 18.0 Å². The number of rotatable bonds is 11. The van der Waals surface area contributed by atoms with Crippen LogP contribution in [-0.2, 0) is 26.2 Å². The zero-order chi connectivity index (χ0) is 26.3. The third kappa shape index (κ3) is 8.00. The maximum absolute atomic E-state index is 13.3. The van der Waals surface area contributed by atoms with Gasteiger partial charge in [0.1, 0.15) is 6.04 Å². The van der Waals surface area contributed by atoms with E-state index < -0.39 is 16.1 Å². The van der Waals surface area contributed by atoms with Crippen LogP contribution in [0.5, 0.6) is 0 Å². The number of amides is 2. The average molecular weight is 563 g/mol. The van der Waals surface area contributed by atoms with Crippen molar-refractivity contribution < 1.29 is 18.0 Å². The Morgan fingerprint density at radius 3 is 2.31 bits per heavy atom. The van der Waals surface area contributed by atoms with Gasteiger partial charge in [-0.3, -0.25) is 13.9 Å². The van der Waals surface area contributed by atoms with Crippen molar-refractivity contribution in [1.29, 1.82) is 0 Å². The Bertz CT molecular complexity index is 1170. The fourth-order valence-electron chi connectivity index (χ4n) is 3.75. The molecule has 2 amide bonds. The highest BCUT2D eigenvalue weighted by Crippen LogP contribution is 2.27. The second kappa shape index (κ2) is 12.8. The summed E-state index contributed by atoms with van der Waals surface area (Å²) in [5, 5.41) is 3.77. The quantitative estimate of drug-likeness (QED) is 0.415. The number of aryl methyl sites for hydroxylation is 1. The maximum Gasteiger partial charge on any atom is 0.242 e. The third-order valence-electron chi connectivity index (χ3n) is 5.56. The highest BCUT2D eigenvalue weighted by molar-refractivity contribution is 7.92. The minimum Gasteiger partial charge on any atom is -0.357 e. The number of benzene rings is 2. The van der Waals surface area contributed by atoms with Gasteiger partial charge in [0.15, 0.2) is 0 Å². The molecule has 0 fully saturated rings. The van der Waals surface area contributed by atoms with Gasteiger partial charge in [-0.1, -0.05) is 53.9 Å². The normalized spacial score (nSPS) is 12.2. The van der Waals surface area contributed by atoms with Gasteiger partial charge in [0.25, 0.3) is 0 Å². The average Bonchev–Trinajstić information content (AvgIpc) is 2.79. The molecule has 0 bridgehead atoms. The van der Waals surface area contributed by atoms with E-state index >= 15 is 0 Å². The highest BCUT2D eigenvalue weighted by atomic mass is 35.5. The van der Waals surface area contributed by atoms with Gasteiger partial charge in [-0.25, -0.2) is 8.42 Å². The molecule has 7 nitrogen and oxygen atoms in total. The summed E-state index contributed by atoms with van der Waals surface area (Å²) < 4.78 is 26.3. The predicted molar refractivity (Wildman–Crippen MR) is 143 cm³/mol. The first-order valence-electron chi connectivity index (χ1n) is 11.1. The Labute approximate surface area is 222 Å². The topological polar surface area (TPSA) is 86.8 Å². The van der Waals surface area contributed by atoms with Gasteiger partial charge in [0, 0.05) is 31.6 Å². The molecular formula is C24H30Cl3N3O4S. The number of nitrogens with zero attached hydrogens (tertiary/aromatic N) is 2. The Balaban J connectivity index is 2.24. The van der Waals surface area contributed by atoms with E-state index in [-0.39, 0.29) is 37.7 Å². The number of likely N-dealkylation sites (N-methyl/N-ethyl adjacent to an activating group) is 1. The molecule has 35 heavy (non-hydrogen) atoms. The van der Waals surface area contributed by atoms with E-state index in [1.54, 1.807) is 43.3 Å². The molecule has 0 unspecified atom stereocenters. The number of carbonyl (C=O) groups is 2. The van der Waals surface area contributed by atoms with Crippen molar-refractivity contribution in [2.24, 2.45) is 0 Å². The fourth-order valence-corrected chi connectivity index (χ4v) is 5.26. The van der Waals surface area contributed by atoms with E-state index in [1.165, 1.54) is 16.3 Å². The van der Waals surface area contributed by atoms with Crippen LogP contribution in [0.3, 0.4) is 0 Å². The lowest BCUT2D eigenvalue weighted by atomic mass is 10.1. The van der Waals surface area contributed by atoms with Crippen LogP contribution in [0.2, 0.25) is 15.1 Å². The zero-order valence-electron chi connectivity index (χ0n) is 20.1. The molecular weight excluding hydrogens is 533 g/mol. The Kier molecular flexibility index (Phi) is 10.7. The standard InChI is InChI=1S/C24H30Cl3N3O4S/c1-5-21(24(32)28-3)29(15-17-9-11-19(26)20(27)13-17)23(31)7-6-12-30(35(4,33)34)22-14-18(25)10-8-16(22)2/h8-11,13-14,21H,5-7,12,15H2,1-4H3,(H,28,32)/t21-/m1/s1. The largest absolute Gasteiger partial charge is 0.357 e. The van der Waals surface area contributed by atoms with Crippen molar-refractivity contribution in [2.75, 3.05) is 24.2 Å². The number of nitrogens with one attached hydrogen (secondary N) is 1. The van der Waals surface area contributed by atoms with Crippen LogP contribution in [0.25, 0.3) is 0 Å². The molecule has 0 heterocycles. The van der Waals surface area contributed by atoms with E-state index in [4.69, 9.17) is 34.8 Å². The van der Waals surface area contributed by atoms with Crippen molar-refractivity contribution >= 4 is 62.3 Å². The molecule has 1 N–H and O–H groups in total. The second-order valence-corrected chi connectivity index (χ2v) is 11.3. The van der Waals surface area contributed by atoms with Gasteiger partial charge >= 0.3 is 0 Å². The summed E-state index contributed by atoms with van der Waals surface area (Å²) in [7, 11) is -2.09. The van der Waals surface area contributed by atoms with E-state index in [2.05, 4.69) is 5.32 Å². The first kappa shape index (κ1) is 29.2. The van der Waals surface area contributed by atoms with Gasteiger partial charge in [-0.05, 0) is 55.2 Å². The van der Waals surface area contributed by atoms with Gasteiger partial charge in [-0.15, -0.1) is 0 Å². The summed E-state index contributed by atoms with van der Waals surface area (Å²) in [6.45, 7) is 3.86. The number of carbonyl (C=O) groups excluding carboxylic acids is 2. The van der Waals surface area contributed by atoms with Crippen molar-refractivity contribution in [3.63, 3.8) is 0 Å². The van der Waals surface area contributed by atoms with Gasteiger partial charge in [-0.2, -0.15) is 0 Å². The van der Waals surface area contributed by atoms with Gasteiger partial charge in [0.2, 0.25) is 21.8 Å². The van der Waals surface area contributed by atoms with E-state index in [0.29, 0.717) is 27.2 Å². The third-order valence-corrected chi connectivity index (χ3v) is 7.72. The molecule has 192 valence electrons. The summed E-state index contributed by atoms with van der Waals surface area (Å²) in [6.07, 6.45) is 1.81. The van der Waals surface area contributed by atoms with Crippen LogP contribution in [0.15, 0.2) is 36.4 Å². The number of halogens is 3. The first-order chi connectivity index (χ1) is 16.4. The molecule has 0 radical (unpaired) electrons. The van der Waals surface area contributed by atoms with Gasteiger partial charge < -0.3 is 10.2 Å². The minimum absolute atomic E-state index is 0.0421. The highest BCUT2D eigenvalue weighted by Gasteiger charge is 2.28. The molecule has 0 aliphatic heterocycles. The summed E-state index contributed by atoms with van der Waals surface area (Å²) in [6, 6.07) is 9.38. The molecule has 1 atom stereocenters. The monoisotopic (exact) mass is 561 g/mol. The molecule has 0 saturated heterocycles. The van der Waals surface area contributed by atoms with Crippen molar-refractivity contribution in [3.05, 3.63) is 62.6 Å². The Morgan fingerprint density at radius 1 is 1.06 bits per heavy atom. The van der Waals surface area contributed by atoms with Crippen LogP contribution >= 0.6 is 34.8 Å². The number of hydrogen-bond acceptors (Lipinski definition) is 4. The minimum atomic E-state index is -3.61. The van der Waals surface area contributed by atoms with E-state index in [0.717, 1.165) is 17.4 Å². The SMILES string of the molecule is CC[C@H](C(=O)NC)N(Cc1ccc(Cl)c(Cl)c1)C(=O)CCCN(c1cc(Cl)ccc1C)S(C)(=O)=O. The molecule has 0 spiro atoms.